The molecule has 0 spiro atoms. The van der Waals surface area contributed by atoms with E-state index in [1.165, 1.54) is 11.4 Å². The molecular weight excluding hydrogens is 196 g/mol. The molecule has 0 saturated carbocycles. The Bertz CT molecular complexity index is 373. The van der Waals surface area contributed by atoms with E-state index < -0.39 is 0 Å². The molecule has 1 aromatic rings. The molecule has 16 heavy (non-hydrogen) atoms. The van der Waals surface area contributed by atoms with E-state index in [2.05, 4.69) is 60.6 Å². The number of hydrogen-bond acceptors (Lipinski definition) is 2. The lowest BCUT2D eigenvalue weighted by atomic mass is 10.1. The van der Waals surface area contributed by atoms with Gasteiger partial charge in [0.1, 0.15) is 0 Å². The second kappa shape index (κ2) is 4.60. The minimum absolute atomic E-state index is 0.430. The van der Waals surface area contributed by atoms with E-state index in [1.807, 2.05) is 0 Å². The summed E-state index contributed by atoms with van der Waals surface area (Å²) in [6, 6.07) is 9.07. The molecule has 2 rings (SSSR count). The van der Waals surface area contributed by atoms with Crippen molar-refractivity contribution in [1.82, 2.24) is 0 Å². The van der Waals surface area contributed by atoms with Crippen molar-refractivity contribution in [2.75, 3.05) is 29.4 Å². The van der Waals surface area contributed by atoms with Gasteiger partial charge >= 0.3 is 0 Å². The Labute approximate surface area is 98.2 Å². The molecule has 1 aliphatic heterocycles. The van der Waals surface area contributed by atoms with Gasteiger partial charge in [0.05, 0.1) is 17.4 Å². The summed E-state index contributed by atoms with van der Waals surface area (Å²) in [5.41, 5.74) is 2.69. The molecule has 0 saturated heterocycles. The molecule has 86 valence electrons. The van der Waals surface area contributed by atoms with Crippen LogP contribution in [0.15, 0.2) is 36.9 Å². The minimum Gasteiger partial charge on any atom is -0.368 e. The number of nitrogens with zero attached hydrogens (tertiary/aromatic N) is 2. The molecule has 0 amide bonds. The highest BCUT2D eigenvalue weighted by Crippen LogP contribution is 2.34. The summed E-state index contributed by atoms with van der Waals surface area (Å²) in [5.74, 6) is 0. The van der Waals surface area contributed by atoms with Gasteiger partial charge in [-0.15, -0.1) is 6.58 Å². The summed E-state index contributed by atoms with van der Waals surface area (Å²) in [6.07, 6.45) is 2.06. The Kier molecular flexibility index (Phi) is 3.18. The van der Waals surface area contributed by atoms with Crippen molar-refractivity contribution in [3.63, 3.8) is 0 Å². The predicted octanol–water partition coefficient (Wildman–Crippen LogP) is 2.91. The molecule has 1 aromatic carbocycles. The molecule has 0 fully saturated rings. The maximum atomic E-state index is 3.96. The first-order valence-electron chi connectivity index (χ1n) is 6.05. The summed E-state index contributed by atoms with van der Waals surface area (Å²) in [7, 11) is 0. The molecule has 1 unspecified atom stereocenters. The van der Waals surface area contributed by atoms with Gasteiger partial charge in [0.25, 0.3) is 0 Å². The van der Waals surface area contributed by atoms with E-state index in [0.717, 1.165) is 19.6 Å². The van der Waals surface area contributed by atoms with Gasteiger partial charge in [-0.25, -0.2) is 0 Å². The highest BCUT2D eigenvalue weighted by Gasteiger charge is 2.26. The van der Waals surface area contributed by atoms with E-state index in [4.69, 9.17) is 0 Å². The quantitative estimate of drug-likeness (QED) is 0.717. The van der Waals surface area contributed by atoms with Gasteiger partial charge in [0.15, 0.2) is 0 Å². The van der Waals surface area contributed by atoms with E-state index in [1.54, 1.807) is 0 Å². The molecule has 0 aliphatic carbocycles. The number of fused-ring (bicyclic) bond motifs is 1. The monoisotopic (exact) mass is 216 g/mol. The molecule has 2 nitrogen and oxygen atoms in total. The lowest BCUT2D eigenvalue weighted by Crippen LogP contribution is -2.47. The van der Waals surface area contributed by atoms with Gasteiger partial charge in [-0.2, -0.15) is 0 Å². The van der Waals surface area contributed by atoms with Gasteiger partial charge in [0, 0.05) is 19.6 Å². The van der Waals surface area contributed by atoms with E-state index in [0.29, 0.717) is 6.04 Å². The molecule has 1 heterocycles. The van der Waals surface area contributed by atoms with Crippen LogP contribution in [0, 0.1) is 0 Å². The van der Waals surface area contributed by atoms with Crippen LogP contribution in [0.3, 0.4) is 0 Å². The van der Waals surface area contributed by atoms with Crippen molar-refractivity contribution < 1.29 is 0 Å². The predicted molar refractivity (Wildman–Crippen MR) is 71.3 cm³/mol. The SMILES string of the molecule is C=CC1CN(CC)c2ccccc2N1CC. The maximum Gasteiger partial charge on any atom is 0.0646 e. The van der Waals surface area contributed by atoms with Crippen molar-refractivity contribution in [1.29, 1.82) is 0 Å². The van der Waals surface area contributed by atoms with Crippen LogP contribution < -0.4 is 9.80 Å². The molecule has 1 aliphatic rings. The smallest absolute Gasteiger partial charge is 0.0646 e. The summed E-state index contributed by atoms with van der Waals surface area (Å²) in [4.78, 5) is 4.85. The Morgan fingerprint density at radius 2 is 1.94 bits per heavy atom. The zero-order valence-corrected chi connectivity index (χ0v) is 10.2. The number of benzene rings is 1. The largest absolute Gasteiger partial charge is 0.368 e. The van der Waals surface area contributed by atoms with Crippen molar-refractivity contribution in [3.05, 3.63) is 36.9 Å². The van der Waals surface area contributed by atoms with Gasteiger partial charge in [-0.05, 0) is 26.0 Å². The summed E-state index contributed by atoms with van der Waals surface area (Å²) in [5, 5.41) is 0. The van der Waals surface area contributed by atoms with E-state index >= 15 is 0 Å². The number of hydrogen-bond donors (Lipinski definition) is 0. The van der Waals surface area contributed by atoms with Crippen LogP contribution in [0.1, 0.15) is 13.8 Å². The number of anilines is 2. The first-order chi connectivity index (χ1) is 7.81. The normalized spacial score (nSPS) is 19.5. The van der Waals surface area contributed by atoms with Gasteiger partial charge < -0.3 is 9.80 Å². The molecular formula is C14H20N2. The first-order valence-corrected chi connectivity index (χ1v) is 6.05. The lowest BCUT2D eigenvalue weighted by molar-refractivity contribution is 0.642. The van der Waals surface area contributed by atoms with Gasteiger partial charge in [0.2, 0.25) is 0 Å². The Morgan fingerprint density at radius 1 is 1.25 bits per heavy atom. The Hall–Kier alpha value is -1.44. The van der Waals surface area contributed by atoms with Crippen LogP contribution in [0.25, 0.3) is 0 Å². The second-order valence-corrected chi connectivity index (χ2v) is 4.12. The van der Waals surface area contributed by atoms with Crippen molar-refractivity contribution in [2.45, 2.75) is 19.9 Å². The first kappa shape index (κ1) is 11.1. The third kappa shape index (κ3) is 1.69. The fourth-order valence-electron chi connectivity index (χ4n) is 2.48. The summed E-state index contributed by atoms with van der Waals surface area (Å²) in [6.45, 7) is 11.5. The number of rotatable bonds is 3. The third-order valence-electron chi connectivity index (χ3n) is 3.33. The van der Waals surface area contributed by atoms with Crippen molar-refractivity contribution in [2.24, 2.45) is 0 Å². The topological polar surface area (TPSA) is 6.48 Å². The summed E-state index contributed by atoms with van der Waals surface area (Å²) >= 11 is 0. The highest BCUT2D eigenvalue weighted by molar-refractivity contribution is 5.74. The molecule has 0 N–H and O–H groups in total. The molecule has 0 radical (unpaired) electrons. The van der Waals surface area contributed by atoms with E-state index in [-0.39, 0.29) is 0 Å². The highest BCUT2D eigenvalue weighted by atomic mass is 15.3. The van der Waals surface area contributed by atoms with Crippen LogP contribution in [0.4, 0.5) is 11.4 Å². The third-order valence-corrected chi connectivity index (χ3v) is 3.33. The van der Waals surface area contributed by atoms with Crippen molar-refractivity contribution >= 4 is 11.4 Å². The Balaban J connectivity index is 2.45. The van der Waals surface area contributed by atoms with Crippen LogP contribution >= 0.6 is 0 Å². The van der Waals surface area contributed by atoms with Crippen LogP contribution in [0.2, 0.25) is 0 Å². The standard InChI is InChI=1S/C14H20N2/c1-4-12-11-15(5-2)13-9-7-8-10-14(13)16(12)6-3/h4,7-10,12H,1,5-6,11H2,2-3H3. The second-order valence-electron chi connectivity index (χ2n) is 4.12. The average molecular weight is 216 g/mol. The van der Waals surface area contributed by atoms with Gasteiger partial charge in [-0.3, -0.25) is 0 Å². The Morgan fingerprint density at radius 3 is 2.50 bits per heavy atom. The fourth-order valence-corrected chi connectivity index (χ4v) is 2.48. The maximum absolute atomic E-state index is 3.96. The van der Waals surface area contributed by atoms with Crippen LogP contribution in [-0.2, 0) is 0 Å². The molecule has 0 bridgehead atoms. The fraction of sp³-hybridized carbons (Fsp3) is 0.429. The molecule has 0 aromatic heterocycles. The van der Waals surface area contributed by atoms with Gasteiger partial charge in [-0.1, -0.05) is 18.2 Å². The molecule has 2 heteroatoms. The van der Waals surface area contributed by atoms with Crippen molar-refractivity contribution in [3.8, 4) is 0 Å². The zero-order valence-electron chi connectivity index (χ0n) is 10.2. The number of likely N-dealkylation sites (N-methyl/N-ethyl adjacent to an activating group) is 2. The average Bonchev–Trinajstić information content (AvgIpc) is 2.36. The molecule has 1 atom stereocenters. The number of para-hydroxylation sites is 2. The lowest BCUT2D eigenvalue weighted by Gasteiger charge is -2.42. The van der Waals surface area contributed by atoms with Crippen LogP contribution in [0.5, 0.6) is 0 Å². The van der Waals surface area contributed by atoms with Crippen LogP contribution in [-0.4, -0.2) is 25.7 Å². The van der Waals surface area contributed by atoms with E-state index in [9.17, 15) is 0 Å². The minimum atomic E-state index is 0.430. The zero-order chi connectivity index (χ0) is 11.5. The summed E-state index contributed by atoms with van der Waals surface area (Å²) < 4.78 is 0.